The van der Waals surface area contributed by atoms with Crippen LogP contribution in [0, 0.1) is 5.92 Å². The summed E-state index contributed by atoms with van der Waals surface area (Å²) in [4.78, 5) is 14.1. The summed E-state index contributed by atoms with van der Waals surface area (Å²) in [5, 5.41) is 0. The minimum Gasteiger partial charge on any atom is -0.399 e. The third-order valence-corrected chi connectivity index (χ3v) is 3.66. The summed E-state index contributed by atoms with van der Waals surface area (Å²) in [6.07, 6.45) is 6.71. The van der Waals surface area contributed by atoms with Crippen molar-refractivity contribution in [3.8, 4) is 0 Å². The van der Waals surface area contributed by atoms with E-state index in [1.807, 2.05) is 31.1 Å². The molecule has 4 heteroatoms. The molecule has 0 radical (unpaired) electrons. The molecule has 1 fully saturated rings. The molecule has 1 aliphatic rings. The molecule has 0 unspecified atom stereocenters. The van der Waals surface area contributed by atoms with E-state index in [0.29, 0.717) is 5.69 Å². The molecule has 1 saturated carbocycles. The molecule has 4 nitrogen and oxygen atoms in total. The summed E-state index contributed by atoms with van der Waals surface area (Å²) in [6.45, 7) is 2.34. The minimum absolute atomic E-state index is 0.652. The summed E-state index contributed by atoms with van der Waals surface area (Å²) in [6, 6.07) is 5.49. The van der Waals surface area contributed by atoms with Crippen LogP contribution in [0.5, 0.6) is 0 Å². The maximum atomic E-state index is 10.7. The van der Waals surface area contributed by atoms with E-state index in [4.69, 9.17) is 5.73 Å². The number of carbonyl (C=O) groups is 1. The Hall–Kier alpha value is -1.71. The van der Waals surface area contributed by atoms with Gasteiger partial charge in [-0.05, 0) is 24.1 Å². The van der Waals surface area contributed by atoms with Gasteiger partial charge in [0.2, 0.25) is 6.41 Å². The summed E-state index contributed by atoms with van der Waals surface area (Å²) < 4.78 is 0. The third-order valence-electron chi connectivity index (χ3n) is 3.66. The van der Waals surface area contributed by atoms with Crippen molar-refractivity contribution in [1.29, 1.82) is 0 Å². The average molecular weight is 277 g/mol. The molecule has 1 aromatic carbocycles. The first kappa shape index (κ1) is 16.3. The van der Waals surface area contributed by atoms with Crippen molar-refractivity contribution in [2.45, 2.75) is 32.6 Å². The van der Waals surface area contributed by atoms with Crippen molar-refractivity contribution in [2.24, 2.45) is 5.92 Å². The Morgan fingerprint density at radius 2 is 1.75 bits per heavy atom. The Morgan fingerprint density at radius 1 is 1.15 bits per heavy atom. The first-order chi connectivity index (χ1) is 9.45. The van der Waals surface area contributed by atoms with E-state index in [1.165, 1.54) is 30.6 Å². The van der Waals surface area contributed by atoms with Crippen LogP contribution in [0.4, 0.5) is 17.1 Å². The zero-order valence-corrected chi connectivity index (χ0v) is 13.1. The van der Waals surface area contributed by atoms with Crippen LogP contribution in [0.15, 0.2) is 18.2 Å². The number of benzene rings is 1. The van der Waals surface area contributed by atoms with Crippen molar-refractivity contribution < 1.29 is 4.79 Å². The highest BCUT2D eigenvalue weighted by atomic mass is 16.1. The topological polar surface area (TPSA) is 49.6 Å². The molecule has 0 atom stereocenters. The summed E-state index contributed by atoms with van der Waals surface area (Å²) >= 11 is 0. The SMILES string of the molecule is CC1CCCC1.CN(C)c1ccc(N)cc1N(C)C=O. The van der Waals surface area contributed by atoms with Crippen molar-refractivity contribution >= 4 is 23.5 Å². The van der Waals surface area contributed by atoms with E-state index in [1.54, 1.807) is 13.1 Å². The number of anilines is 3. The lowest BCUT2D eigenvalue weighted by atomic mass is 10.2. The van der Waals surface area contributed by atoms with Gasteiger partial charge in [-0.1, -0.05) is 32.6 Å². The number of rotatable bonds is 3. The molecule has 1 amide bonds. The molecule has 0 aromatic heterocycles. The standard InChI is InChI=1S/C10H15N3O.C6H12/c1-12(2)9-5-4-8(11)6-10(9)13(3)7-14;1-6-4-2-3-5-6/h4-7H,11H2,1-3H3;6H,2-5H2,1H3. The third kappa shape index (κ3) is 4.76. The normalized spacial score (nSPS) is 14.4. The Kier molecular flexibility index (Phi) is 6.36. The van der Waals surface area contributed by atoms with E-state index in [0.717, 1.165) is 23.7 Å². The van der Waals surface area contributed by atoms with E-state index in [2.05, 4.69) is 6.92 Å². The maximum Gasteiger partial charge on any atom is 0.213 e. The van der Waals surface area contributed by atoms with Gasteiger partial charge in [-0.2, -0.15) is 0 Å². The van der Waals surface area contributed by atoms with E-state index >= 15 is 0 Å². The van der Waals surface area contributed by atoms with Gasteiger partial charge in [0.1, 0.15) is 0 Å². The number of amides is 1. The molecule has 1 aliphatic carbocycles. The number of hydrogen-bond donors (Lipinski definition) is 1. The molecule has 2 rings (SSSR count). The molecule has 0 bridgehead atoms. The predicted octanol–water partition coefficient (Wildman–Crippen LogP) is 3.12. The van der Waals surface area contributed by atoms with E-state index in [-0.39, 0.29) is 0 Å². The maximum absolute atomic E-state index is 10.7. The first-order valence-electron chi connectivity index (χ1n) is 7.20. The molecular weight excluding hydrogens is 250 g/mol. The van der Waals surface area contributed by atoms with E-state index in [9.17, 15) is 4.79 Å². The molecular formula is C16H27N3O. The van der Waals surface area contributed by atoms with Crippen LogP contribution in [0.3, 0.4) is 0 Å². The van der Waals surface area contributed by atoms with Gasteiger partial charge in [-0.3, -0.25) is 4.79 Å². The molecule has 2 N–H and O–H groups in total. The highest BCUT2D eigenvalue weighted by Crippen LogP contribution is 2.28. The fourth-order valence-corrected chi connectivity index (χ4v) is 2.39. The van der Waals surface area contributed by atoms with Crippen LogP contribution >= 0.6 is 0 Å². The van der Waals surface area contributed by atoms with Crippen molar-refractivity contribution in [3.63, 3.8) is 0 Å². The largest absolute Gasteiger partial charge is 0.399 e. The van der Waals surface area contributed by atoms with Crippen LogP contribution in [-0.4, -0.2) is 27.6 Å². The van der Waals surface area contributed by atoms with Gasteiger partial charge < -0.3 is 15.5 Å². The number of nitrogen functional groups attached to an aromatic ring is 1. The molecule has 0 spiro atoms. The average Bonchev–Trinajstić information content (AvgIpc) is 2.89. The highest BCUT2D eigenvalue weighted by molar-refractivity contribution is 5.85. The number of nitrogens with zero attached hydrogens (tertiary/aromatic N) is 2. The lowest BCUT2D eigenvalue weighted by molar-refractivity contribution is -0.107. The fourth-order valence-electron chi connectivity index (χ4n) is 2.39. The van der Waals surface area contributed by atoms with Gasteiger partial charge in [0.05, 0.1) is 11.4 Å². The van der Waals surface area contributed by atoms with Gasteiger partial charge in [0, 0.05) is 26.8 Å². The number of nitrogens with two attached hydrogens (primary N) is 1. The van der Waals surface area contributed by atoms with Crippen LogP contribution in [0.1, 0.15) is 32.6 Å². The Bertz CT molecular complexity index is 426. The molecule has 0 aliphatic heterocycles. The summed E-state index contributed by atoms with van der Waals surface area (Å²) in [7, 11) is 5.55. The number of hydrogen-bond acceptors (Lipinski definition) is 3. The van der Waals surface area contributed by atoms with Gasteiger partial charge in [-0.15, -0.1) is 0 Å². The van der Waals surface area contributed by atoms with Crippen molar-refractivity contribution in [1.82, 2.24) is 0 Å². The lowest BCUT2D eigenvalue weighted by Gasteiger charge is -2.21. The Balaban J connectivity index is 0.000000276. The molecule has 20 heavy (non-hydrogen) atoms. The second kappa shape index (κ2) is 7.78. The lowest BCUT2D eigenvalue weighted by Crippen LogP contribution is -2.19. The van der Waals surface area contributed by atoms with Crippen LogP contribution in [0.25, 0.3) is 0 Å². The first-order valence-corrected chi connectivity index (χ1v) is 7.20. The molecule has 0 heterocycles. The fraction of sp³-hybridized carbons (Fsp3) is 0.562. The quantitative estimate of drug-likeness (QED) is 0.682. The zero-order chi connectivity index (χ0) is 15.1. The molecule has 0 saturated heterocycles. The Labute approximate surface area is 122 Å². The molecule has 1 aromatic rings. The highest BCUT2D eigenvalue weighted by Gasteiger charge is 2.08. The summed E-state index contributed by atoms with van der Waals surface area (Å²) in [5.74, 6) is 1.05. The van der Waals surface area contributed by atoms with Crippen LogP contribution in [0.2, 0.25) is 0 Å². The van der Waals surface area contributed by atoms with Gasteiger partial charge in [-0.25, -0.2) is 0 Å². The summed E-state index contributed by atoms with van der Waals surface area (Å²) in [5.41, 5.74) is 8.09. The zero-order valence-electron chi connectivity index (χ0n) is 13.1. The van der Waals surface area contributed by atoms with Crippen molar-refractivity contribution in [3.05, 3.63) is 18.2 Å². The second-order valence-electron chi connectivity index (χ2n) is 5.75. The smallest absolute Gasteiger partial charge is 0.213 e. The predicted molar refractivity (Wildman–Crippen MR) is 87.3 cm³/mol. The Morgan fingerprint density at radius 3 is 2.15 bits per heavy atom. The van der Waals surface area contributed by atoms with Gasteiger partial charge in [0.15, 0.2) is 0 Å². The van der Waals surface area contributed by atoms with Gasteiger partial charge in [0.25, 0.3) is 0 Å². The minimum atomic E-state index is 0.652. The van der Waals surface area contributed by atoms with E-state index < -0.39 is 0 Å². The van der Waals surface area contributed by atoms with Crippen molar-refractivity contribution in [2.75, 3.05) is 36.7 Å². The number of carbonyl (C=O) groups excluding carboxylic acids is 1. The second-order valence-corrected chi connectivity index (χ2v) is 5.75. The molecule has 112 valence electrons. The van der Waals surface area contributed by atoms with Crippen LogP contribution in [-0.2, 0) is 4.79 Å². The monoisotopic (exact) mass is 277 g/mol. The van der Waals surface area contributed by atoms with Gasteiger partial charge >= 0.3 is 0 Å². The van der Waals surface area contributed by atoms with Crippen LogP contribution < -0.4 is 15.5 Å².